The van der Waals surface area contributed by atoms with Gasteiger partial charge in [-0.25, -0.2) is 0 Å². The smallest absolute Gasteiger partial charge is 0.0554 e. The maximum atomic E-state index is 2.52. The van der Waals surface area contributed by atoms with Crippen LogP contribution >= 0.6 is 22.7 Å². The van der Waals surface area contributed by atoms with Gasteiger partial charge in [0, 0.05) is 57.1 Å². The highest BCUT2D eigenvalue weighted by Gasteiger charge is 2.36. The minimum atomic E-state index is -0.114. The average molecular weight is 726 g/mol. The Balaban J connectivity index is 1.19. The highest BCUT2D eigenvalue weighted by Crippen LogP contribution is 2.52. The topological polar surface area (TPSA) is 3.24 Å². The normalized spacial score (nSPS) is 13.1. The predicted molar refractivity (Wildman–Crippen MR) is 235 cm³/mol. The molecule has 0 saturated heterocycles. The molecule has 0 N–H and O–H groups in total. The van der Waals surface area contributed by atoms with Gasteiger partial charge in [-0.05, 0) is 105 Å². The third-order valence-corrected chi connectivity index (χ3v) is 13.7. The van der Waals surface area contributed by atoms with Crippen LogP contribution in [0.3, 0.4) is 0 Å². The molecule has 0 atom stereocenters. The molecule has 11 rings (SSSR count). The summed E-state index contributed by atoms with van der Waals surface area (Å²) in [5.74, 6) is 0. The van der Waals surface area contributed by atoms with Crippen molar-refractivity contribution in [2.45, 2.75) is 19.3 Å². The molecule has 2 aromatic heterocycles. The zero-order chi connectivity index (χ0) is 36.0. The summed E-state index contributed by atoms with van der Waals surface area (Å²) in [5, 5.41) is 5.19. The fourth-order valence-electron chi connectivity index (χ4n) is 8.88. The van der Waals surface area contributed by atoms with Gasteiger partial charge in [0.25, 0.3) is 0 Å². The second kappa shape index (κ2) is 12.0. The Kier molecular flexibility index (Phi) is 7.01. The van der Waals surface area contributed by atoms with E-state index in [1.165, 1.54) is 96.2 Å². The van der Waals surface area contributed by atoms with E-state index in [1.807, 2.05) is 22.7 Å². The van der Waals surface area contributed by atoms with Gasteiger partial charge in [-0.2, -0.15) is 0 Å². The second-order valence-corrected chi connectivity index (χ2v) is 17.1. The van der Waals surface area contributed by atoms with Crippen LogP contribution in [-0.4, -0.2) is 0 Å². The Morgan fingerprint density at radius 2 is 0.981 bits per heavy atom. The summed E-state index contributed by atoms with van der Waals surface area (Å²) in [5.41, 5.74) is 13.8. The number of fused-ring (bicyclic) bond motifs is 9. The molecule has 0 aliphatic heterocycles. The monoisotopic (exact) mass is 725 g/mol. The Morgan fingerprint density at radius 3 is 1.78 bits per heavy atom. The lowest BCUT2D eigenvalue weighted by atomic mass is 9.82. The van der Waals surface area contributed by atoms with E-state index in [-0.39, 0.29) is 5.41 Å². The van der Waals surface area contributed by atoms with E-state index >= 15 is 0 Å². The average Bonchev–Trinajstić information content (AvgIpc) is 3.86. The van der Waals surface area contributed by atoms with E-state index in [0.29, 0.717) is 0 Å². The van der Waals surface area contributed by atoms with Crippen molar-refractivity contribution in [3.8, 4) is 33.4 Å². The van der Waals surface area contributed by atoms with Crippen LogP contribution in [0.25, 0.3) is 73.7 Å². The summed E-state index contributed by atoms with van der Waals surface area (Å²) in [6, 6.07) is 65.3. The lowest BCUT2D eigenvalue weighted by Crippen LogP contribution is -2.16. The number of thiophene rings is 2. The third kappa shape index (κ3) is 4.75. The van der Waals surface area contributed by atoms with E-state index < -0.39 is 0 Å². The zero-order valence-electron chi connectivity index (χ0n) is 30.0. The molecule has 256 valence electrons. The first kappa shape index (κ1) is 31.5. The molecule has 1 nitrogen and oxygen atoms in total. The molecule has 0 amide bonds. The van der Waals surface area contributed by atoms with Gasteiger partial charge in [-0.3, -0.25) is 0 Å². The van der Waals surface area contributed by atoms with Crippen LogP contribution in [-0.2, 0) is 5.41 Å². The van der Waals surface area contributed by atoms with Crippen LogP contribution in [0.1, 0.15) is 25.0 Å². The largest absolute Gasteiger partial charge is 0.310 e. The van der Waals surface area contributed by atoms with Crippen molar-refractivity contribution in [1.82, 2.24) is 0 Å². The molecule has 0 unspecified atom stereocenters. The van der Waals surface area contributed by atoms with Crippen LogP contribution < -0.4 is 4.90 Å². The third-order valence-electron chi connectivity index (χ3n) is 11.5. The Labute approximate surface area is 323 Å². The standard InChI is InChI=1S/C51H35NS2/c1-51(2)42-19-10-9-17-38(42)39-26-24-36(31-43(39)51)52(35-25-28-46-41(30-35)49-37(18-11-21-47(49)53-46)33-15-7-4-8-16-33)44-20-12-22-48-50(44)40-29-34(23-27-45(40)54-48)32-13-5-3-6-14-32/h3-31H,1-2H3. The van der Waals surface area contributed by atoms with Crippen molar-refractivity contribution in [2.24, 2.45) is 0 Å². The zero-order valence-corrected chi connectivity index (χ0v) is 31.6. The number of hydrogen-bond donors (Lipinski definition) is 0. The van der Waals surface area contributed by atoms with Gasteiger partial charge in [0.1, 0.15) is 0 Å². The van der Waals surface area contributed by atoms with Crippen LogP contribution in [0.15, 0.2) is 176 Å². The first-order chi connectivity index (χ1) is 26.5. The minimum absolute atomic E-state index is 0.114. The Morgan fingerprint density at radius 1 is 0.389 bits per heavy atom. The van der Waals surface area contributed by atoms with E-state index in [4.69, 9.17) is 0 Å². The van der Waals surface area contributed by atoms with E-state index in [0.717, 1.165) is 5.69 Å². The first-order valence-corrected chi connectivity index (χ1v) is 20.2. The van der Waals surface area contributed by atoms with E-state index in [9.17, 15) is 0 Å². The highest BCUT2D eigenvalue weighted by molar-refractivity contribution is 7.26. The Hall–Kier alpha value is -6.00. The van der Waals surface area contributed by atoms with E-state index in [1.54, 1.807) is 0 Å². The molecule has 0 radical (unpaired) electrons. The number of hydrogen-bond acceptors (Lipinski definition) is 3. The van der Waals surface area contributed by atoms with Gasteiger partial charge < -0.3 is 4.90 Å². The number of anilines is 3. The molecule has 0 saturated carbocycles. The molecule has 1 aliphatic carbocycles. The maximum absolute atomic E-state index is 2.52. The van der Waals surface area contributed by atoms with Gasteiger partial charge in [0.15, 0.2) is 0 Å². The summed E-state index contributed by atoms with van der Waals surface area (Å²) in [4.78, 5) is 2.52. The quantitative estimate of drug-likeness (QED) is 0.171. The molecular formula is C51H35NS2. The van der Waals surface area contributed by atoms with Crippen molar-refractivity contribution < 1.29 is 0 Å². The van der Waals surface area contributed by atoms with Crippen LogP contribution in [0.4, 0.5) is 17.1 Å². The molecule has 8 aromatic carbocycles. The second-order valence-electron chi connectivity index (χ2n) is 14.9. The number of nitrogens with zero attached hydrogens (tertiary/aromatic N) is 1. The maximum Gasteiger partial charge on any atom is 0.0554 e. The van der Waals surface area contributed by atoms with E-state index in [2.05, 4.69) is 195 Å². The molecule has 0 fully saturated rings. The van der Waals surface area contributed by atoms with Crippen LogP contribution in [0.2, 0.25) is 0 Å². The first-order valence-electron chi connectivity index (χ1n) is 18.6. The van der Waals surface area contributed by atoms with Crippen molar-refractivity contribution in [3.05, 3.63) is 187 Å². The Bertz CT molecular complexity index is 3080. The summed E-state index contributed by atoms with van der Waals surface area (Å²) in [6.45, 7) is 4.75. The summed E-state index contributed by atoms with van der Waals surface area (Å²) in [7, 11) is 0. The number of rotatable bonds is 5. The molecule has 3 heteroatoms. The molecule has 0 bridgehead atoms. The van der Waals surface area contributed by atoms with Crippen molar-refractivity contribution in [3.63, 3.8) is 0 Å². The van der Waals surface area contributed by atoms with Crippen LogP contribution in [0.5, 0.6) is 0 Å². The number of benzene rings is 8. The van der Waals surface area contributed by atoms with Gasteiger partial charge in [-0.1, -0.05) is 129 Å². The summed E-state index contributed by atoms with van der Waals surface area (Å²) >= 11 is 3.76. The minimum Gasteiger partial charge on any atom is -0.310 e. The fraction of sp³-hybridized carbons (Fsp3) is 0.0588. The lowest BCUT2D eigenvalue weighted by Gasteiger charge is -2.29. The van der Waals surface area contributed by atoms with Gasteiger partial charge in [-0.15, -0.1) is 22.7 Å². The van der Waals surface area contributed by atoms with Gasteiger partial charge in [0.05, 0.1) is 5.69 Å². The summed E-state index contributed by atoms with van der Waals surface area (Å²) < 4.78 is 5.20. The molecule has 10 aromatic rings. The molecule has 2 heterocycles. The van der Waals surface area contributed by atoms with Crippen molar-refractivity contribution in [1.29, 1.82) is 0 Å². The molecular weight excluding hydrogens is 691 g/mol. The molecule has 1 aliphatic rings. The predicted octanol–water partition coefficient (Wildman–Crippen LogP) is 15.5. The van der Waals surface area contributed by atoms with Crippen molar-refractivity contribution in [2.75, 3.05) is 4.90 Å². The van der Waals surface area contributed by atoms with Crippen molar-refractivity contribution >= 4 is 80.1 Å². The van der Waals surface area contributed by atoms with Gasteiger partial charge in [0.2, 0.25) is 0 Å². The lowest BCUT2D eigenvalue weighted by molar-refractivity contribution is 0.660. The SMILES string of the molecule is CC1(C)c2ccccc2-c2ccc(N(c3ccc4sc5cccc(-c6ccccc6)c5c4c3)c3cccc4sc5ccc(-c6ccccc6)cc5c34)cc21. The molecule has 0 spiro atoms. The highest BCUT2D eigenvalue weighted by atomic mass is 32.1. The summed E-state index contributed by atoms with van der Waals surface area (Å²) in [6.07, 6.45) is 0. The van der Waals surface area contributed by atoms with Crippen LogP contribution in [0, 0.1) is 0 Å². The van der Waals surface area contributed by atoms with Gasteiger partial charge >= 0.3 is 0 Å². The molecule has 54 heavy (non-hydrogen) atoms. The fourth-order valence-corrected chi connectivity index (χ4v) is 11.1.